The summed E-state index contributed by atoms with van der Waals surface area (Å²) in [6, 6.07) is 10.6. The van der Waals surface area contributed by atoms with Gasteiger partial charge in [0.05, 0.1) is 0 Å². The van der Waals surface area contributed by atoms with Crippen molar-refractivity contribution < 1.29 is 0 Å². The third-order valence-corrected chi connectivity index (χ3v) is 4.06. The number of halogens is 1. The number of aryl methyl sites for hydroxylation is 1. The quantitative estimate of drug-likeness (QED) is 0.888. The van der Waals surface area contributed by atoms with Crippen LogP contribution in [-0.4, -0.2) is 4.57 Å². The number of nitrogens with one attached hydrogen (secondary N) is 1. The van der Waals surface area contributed by atoms with E-state index in [0.717, 1.165) is 11.6 Å². The Hall–Kier alpha value is -1.25. The molecule has 1 unspecified atom stereocenters. The highest BCUT2D eigenvalue weighted by Crippen LogP contribution is 2.19. The van der Waals surface area contributed by atoms with Crippen LogP contribution in [0.25, 0.3) is 0 Å². The summed E-state index contributed by atoms with van der Waals surface area (Å²) < 4.78 is 2.22. The van der Waals surface area contributed by atoms with E-state index in [4.69, 9.17) is 11.6 Å². The molecule has 3 heteroatoms. The summed E-state index contributed by atoms with van der Waals surface area (Å²) in [6.07, 6.45) is 0. The molecule has 0 bridgehead atoms. The Morgan fingerprint density at radius 1 is 1.26 bits per heavy atom. The van der Waals surface area contributed by atoms with Crippen LogP contribution in [0.15, 0.2) is 30.3 Å². The molecule has 0 aliphatic heterocycles. The van der Waals surface area contributed by atoms with Gasteiger partial charge >= 0.3 is 0 Å². The molecule has 0 saturated carbocycles. The van der Waals surface area contributed by atoms with Crippen molar-refractivity contribution in [3.05, 3.63) is 57.9 Å². The van der Waals surface area contributed by atoms with Gasteiger partial charge in [-0.25, -0.2) is 0 Å². The molecule has 1 heterocycles. The smallest absolute Gasteiger partial charge is 0.0409 e. The molecule has 0 fully saturated rings. The standard InChI is InChI=1S/C16H21ClN2/c1-11-8-15(13(3)19(11)4)10-18-12(2)14-6-5-7-16(17)9-14/h5-9,12,18H,10H2,1-4H3. The fraction of sp³-hybridized carbons (Fsp3) is 0.375. The second kappa shape index (κ2) is 5.81. The van der Waals surface area contributed by atoms with Gasteiger partial charge in [-0.1, -0.05) is 23.7 Å². The molecule has 1 atom stereocenters. The summed E-state index contributed by atoms with van der Waals surface area (Å²) in [6.45, 7) is 7.34. The van der Waals surface area contributed by atoms with Gasteiger partial charge in [0.1, 0.15) is 0 Å². The Morgan fingerprint density at radius 3 is 2.58 bits per heavy atom. The molecule has 2 rings (SSSR count). The highest BCUT2D eigenvalue weighted by Gasteiger charge is 2.09. The van der Waals surface area contributed by atoms with E-state index in [-0.39, 0.29) is 0 Å². The molecule has 102 valence electrons. The van der Waals surface area contributed by atoms with E-state index in [1.165, 1.54) is 22.5 Å². The summed E-state index contributed by atoms with van der Waals surface area (Å²) in [5.74, 6) is 0. The zero-order chi connectivity index (χ0) is 14.0. The highest BCUT2D eigenvalue weighted by molar-refractivity contribution is 6.30. The molecule has 1 aromatic carbocycles. The van der Waals surface area contributed by atoms with Gasteiger partial charge in [-0.15, -0.1) is 0 Å². The minimum atomic E-state index is 0.290. The van der Waals surface area contributed by atoms with E-state index in [1.54, 1.807) is 0 Å². The molecule has 0 spiro atoms. The van der Waals surface area contributed by atoms with E-state index in [1.807, 2.05) is 18.2 Å². The van der Waals surface area contributed by atoms with Crippen LogP contribution in [0.3, 0.4) is 0 Å². The number of hydrogen-bond acceptors (Lipinski definition) is 1. The molecule has 1 N–H and O–H groups in total. The number of hydrogen-bond donors (Lipinski definition) is 1. The van der Waals surface area contributed by atoms with Crippen LogP contribution < -0.4 is 5.32 Å². The van der Waals surface area contributed by atoms with Crippen molar-refractivity contribution in [3.8, 4) is 0 Å². The van der Waals surface area contributed by atoms with Crippen LogP contribution in [0.5, 0.6) is 0 Å². The average molecular weight is 277 g/mol. The van der Waals surface area contributed by atoms with E-state index >= 15 is 0 Å². The maximum atomic E-state index is 6.02. The van der Waals surface area contributed by atoms with Gasteiger partial charge in [0.15, 0.2) is 0 Å². The number of aromatic nitrogens is 1. The first-order chi connectivity index (χ1) is 8.99. The van der Waals surface area contributed by atoms with Crippen molar-refractivity contribution in [2.45, 2.75) is 33.4 Å². The van der Waals surface area contributed by atoms with Crippen molar-refractivity contribution in [1.29, 1.82) is 0 Å². The van der Waals surface area contributed by atoms with Gasteiger partial charge in [-0.2, -0.15) is 0 Å². The first kappa shape index (κ1) is 14.2. The second-order valence-corrected chi connectivity index (χ2v) is 5.55. The van der Waals surface area contributed by atoms with Crippen LogP contribution in [0, 0.1) is 13.8 Å². The summed E-state index contributed by atoms with van der Waals surface area (Å²) in [5.41, 5.74) is 5.19. The summed E-state index contributed by atoms with van der Waals surface area (Å²) in [4.78, 5) is 0. The number of rotatable bonds is 4. The van der Waals surface area contributed by atoms with Crippen molar-refractivity contribution in [3.63, 3.8) is 0 Å². The Morgan fingerprint density at radius 2 is 2.00 bits per heavy atom. The largest absolute Gasteiger partial charge is 0.352 e. The minimum Gasteiger partial charge on any atom is -0.352 e. The van der Waals surface area contributed by atoms with Gasteiger partial charge in [0.25, 0.3) is 0 Å². The SMILES string of the molecule is Cc1cc(CNC(C)c2cccc(Cl)c2)c(C)n1C. The molecule has 2 nitrogen and oxygen atoms in total. The Bertz CT molecular complexity index is 572. The average Bonchev–Trinajstić information content (AvgIpc) is 2.63. The maximum Gasteiger partial charge on any atom is 0.0409 e. The Balaban J connectivity index is 2.04. The van der Waals surface area contributed by atoms with Crippen LogP contribution >= 0.6 is 11.6 Å². The van der Waals surface area contributed by atoms with Crippen LogP contribution in [-0.2, 0) is 13.6 Å². The molecule has 2 aromatic rings. The fourth-order valence-corrected chi connectivity index (χ4v) is 2.47. The number of nitrogens with zero attached hydrogens (tertiary/aromatic N) is 1. The lowest BCUT2D eigenvalue weighted by molar-refractivity contribution is 0.572. The molecular weight excluding hydrogens is 256 g/mol. The summed E-state index contributed by atoms with van der Waals surface area (Å²) >= 11 is 6.02. The Kier molecular flexibility index (Phi) is 4.33. The van der Waals surface area contributed by atoms with Gasteiger partial charge < -0.3 is 9.88 Å². The topological polar surface area (TPSA) is 17.0 Å². The molecule has 0 radical (unpaired) electrons. The lowest BCUT2D eigenvalue weighted by Crippen LogP contribution is -2.18. The predicted octanol–water partition coefficient (Wildman–Crippen LogP) is 4.15. The van der Waals surface area contributed by atoms with Crippen LogP contribution in [0.2, 0.25) is 5.02 Å². The molecule has 0 aliphatic rings. The van der Waals surface area contributed by atoms with E-state index in [2.05, 4.69) is 49.8 Å². The third kappa shape index (κ3) is 3.20. The molecule has 1 aromatic heterocycles. The van der Waals surface area contributed by atoms with Crippen LogP contribution in [0.4, 0.5) is 0 Å². The van der Waals surface area contributed by atoms with Gasteiger partial charge in [0, 0.05) is 36.0 Å². The zero-order valence-electron chi connectivity index (χ0n) is 12.0. The van der Waals surface area contributed by atoms with Crippen molar-refractivity contribution in [1.82, 2.24) is 9.88 Å². The second-order valence-electron chi connectivity index (χ2n) is 5.11. The zero-order valence-corrected chi connectivity index (χ0v) is 12.8. The minimum absolute atomic E-state index is 0.290. The molecule has 0 saturated heterocycles. The van der Waals surface area contributed by atoms with Gasteiger partial charge in [-0.3, -0.25) is 0 Å². The van der Waals surface area contributed by atoms with Crippen molar-refractivity contribution in [2.75, 3.05) is 0 Å². The van der Waals surface area contributed by atoms with Gasteiger partial charge in [0.2, 0.25) is 0 Å². The fourth-order valence-electron chi connectivity index (χ4n) is 2.27. The number of benzene rings is 1. The van der Waals surface area contributed by atoms with Crippen molar-refractivity contribution in [2.24, 2.45) is 7.05 Å². The van der Waals surface area contributed by atoms with Gasteiger partial charge in [-0.05, 0) is 50.1 Å². The lowest BCUT2D eigenvalue weighted by Gasteiger charge is -2.14. The first-order valence-electron chi connectivity index (χ1n) is 6.59. The first-order valence-corrected chi connectivity index (χ1v) is 6.97. The maximum absolute atomic E-state index is 6.02. The van der Waals surface area contributed by atoms with E-state index in [9.17, 15) is 0 Å². The Labute approximate surface area is 120 Å². The normalized spacial score (nSPS) is 12.7. The summed E-state index contributed by atoms with van der Waals surface area (Å²) in [7, 11) is 2.11. The monoisotopic (exact) mass is 276 g/mol. The van der Waals surface area contributed by atoms with Crippen LogP contribution in [0.1, 0.15) is 35.5 Å². The molecule has 0 amide bonds. The molecule has 0 aliphatic carbocycles. The third-order valence-electron chi connectivity index (χ3n) is 3.83. The predicted molar refractivity (Wildman–Crippen MR) is 81.6 cm³/mol. The van der Waals surface area contributed by atoms with E-state index in [0.29, 0.717) is 6.04 Å². The van der Waals surface area contributed by atoms with E-state index < -0.39 is 0 Å². The molecular formula is C16H21ClN2. The molecule has 19 heavy (non-hydrogen) atoms. The van der Waals surface area contributed by atoms with Crippen molar-refractivity contribution >= 4 is 11.6 Å². The lowest BCUT2D eigenvalue weighted by atomic mass is 10.1. The summed E-state index contributed by atoms with van der Waals surface area (Å²) in [5, 5.41) is 4.34. The highest BCUT2D eigenvalue weighted by atomic mass is 35.5.